The lowest BCUT2D eigenvalue weighted by Crippen LogP contribution is -2.54. The van der Waals surface area contributed by atoms with E-state index in [1.165, 1.54) is 0 Å². The lowest BCUT2D eigenvalue weighted by Gasteiger charge is -2.32. The van der Waals surface area contributed by atoms with Crippen LogP contribution in [-0.2, 0) is 32.2 Å². The molecule has 1 aromatic heterocycles. The molecule has 8 heteroatoms. The molecule has 2 fully saturated rings. The molecule has 2 bridgehead atoms. The van der Waals surface area contributed by atoms with Gasteiger partial charge in [-0.2, -0.15) is 0 Å². The third-order valence-corrected chi connectivity index (χ3v) is 8.64. The van der Waals surface area contributed by atoms with Crippen molar-refractivity contribution < 1.29 is 19.1 Å². The summed E-state index contributed by atoms with van der Waals surface area (Å²) in [7, 11) is 0. The van der Waals surface area contributed by atoms with Gasteiger partial charge in [0.2, 0.25) is 17.7 Å². The minimum absolute atomic E-state index is 0.237. The van der Waals surface area contributed by atoms with E-state index in [-0.39, 0.29) is 17.7 Å². The first-order valence-corrected chi connectivity index (χ1v) is 13.7. The maximum absolute atomic E-state index is 14.2. The van der Waals surface area contributed by atoms with Crippen LogP contribution in [0.1, 0.15) is 21.6 Å². The van der Waals surface area contributed by atoms with E-state index in [4.69, 9.17) is 4.74 Å². The van der Waals surface area contributed by atoms with Crippen LogP contribution in [0.4, 0.5) is 5.69 Å². The molecule has 5 atom stereocenters. The maximum Gasteiger partial charge on any atom is 0.246 e. The number of ether oxygens (including phenoxy) is 1. The zero-order chi connectivity index (χ0) is 26.4. The van der Waals surface area contributed by atoms with Gasteiger partial charge in [-0.3, -0.25) is 19.3 Å². The highest BCUT2D eigenvalue weighted by atomic mass is 32.1. The summed E-state index contributed by atoms with van der Waals surface area (Å²) in [6.45, 7) is 4.63. The van der Waals surface area contributed by atoms with Crippen molar-refractivity contribution in [2.24, 2.45) is 11.8 Å². The van der Waals surface area contributed by atoms with Gasteiger partial charge >= 0.3 is 0 Å². The van der Waals surface area contributed by atoms with Crippen LogP contribution >= 0.6 is 11.3 Å². The molecule has 2 aromatic carbocycles. The summed E-state index contributed by atoms with van der Waals surface area (Å²) >= 11 is 1.56. The summed E-state index contributed by atoms with van der Waals surface area (Å²) in [6.07, 6.45) is 3.11. The number of benzene rings is 2. The Hall–Kier alpha value is -3.75. The van der Waals surface area contributed by atoms with Gasteiger partial charge < -0.3 is 15.4 Å². The van der Waals surface area contributed by atoms with Crippen molar-refractivity contribution in [1.29, 1.82) is 0 Å². The van der Waals surface area contributed by atoms with E-state index in [0.29, 0.717) is 18.8 Å². The summed E-state index contributed by atoms with van der Waals surface area (Å²) in [5.41, 5.74) is 2.33. The second-order valence-corrected chi connectivity index (χ2v) is 11.2. The SMILES string of the molecule is Cc1ccc(N2C(=O)[C@H]3[C@@H](C(=O)NCc4cccs4)[C@H]4C=C[C@@]3(O4)[C@H]2C(=O)NCc2ccccc2)c(C)c1. The molecule has 3 aromatic rings. The first kappa shape index (κ1) is 24.6. The number of fused-ring (bicyclic) bond motifs is 1. The van der Waals surface area contributed by atoms with Gasteiger partial charge in [-0.15, -0.1) is 11.3 Å². The molecule has 3 amide bonds. The molecule has 3 aliphatic heterocycles. The third kappa shape index (κ3) is 3.95. The summed E-state index contributed by atoms with van der Waals surface area (Å²) in [5.74, 6) is -2.32. The fourth-order valence-electron chi connectivity index (χ4n) is 6.09. The van der Waals surface area contributed by atoms with Gasteiger partial charge in [0, 0.05) is 17.1 Å². The molecule has 6 rings (SSSR count). The van der Waals surface area contributed by atoms with Crippen molar-refractivity contribution in [1.82, 2.24) is 10.6 Å². The van der Waals surface area contributed by atoms with Crippen LogP contribution < -0.4 is 15.5 Å². The molecule has 194 valence electrons. The van der Waals surface area contributed by atoms with Gasteiger partial charge in [0.05, 0.1) is 24.5 Å². The quantitative estimate of drug-likeness (QED) is 0.459. The smallest absolute Gasteiger partial charge is 0.246 e. The van der Waals surface area contributed by atoms with Crippen LogP contribution in [0.3, 0.4) is 0 Å². The Morgan fingerprint density at radius 3 is 2.53 bits per heavy atom. The number of anilines is 1. The predicted molar refractivity (Wildman–Crippen MR) is 145 cm³/mol. The molecular weight excluding hydrogens is 498 g/mol. The van der Waals surface area contributed by atoms with Crippen LogP contribution in [0.15, 0.2) is 78.2 Å². The number of carbonyl (C=O) groups excluding carboxylic acids is 3. The van der Waals surface area contributed by atoms with Crippen LogP contribution in [-0.4, -0.2) is 35.5 Å². The average Bonchev–Trinajstić information content (AvgIpc) is 3.69. The second-order valence-electron chi connectivity index (χ2n) is 10.2. The number of hydrogen-bond acceptors (Lipinski definition) is 5. The largest absolute Gasteiger partial charge is 0.359 e. The normalized spacial score (nSPS) is 27.0. The zero-order valence-electron chi connectivity index (χ0n) is 21.2. The zero-order valence-corrected chi connectivity index (χ0v) is 22.0. The molecule has 3 aliphatic rings. The lowest BCUT2D eigenvalue weighted by atomic mass is 9.74. The van der Waals surface area contributed by atoms with Gasteiger partial charge in [-0.1, -0.05) is 66.2 Å². The molecule has 0 radical (unpaired) electrons. The van der Waals surface area contributed by atoms with E-state index in [9.17, 15) is 14.4 Å². The van der Waals surface area contributed by atoms with Crippen LogP contribution in [0, 0.1) is 25.7 Å². The Balaban J connectivity index is 1.35. The van der Waals surface area contributed by atoms with Crippen molar-refractivity contribution in [2.75, 3.05) is 4.90 Å². The van der Waals surface area contributed by atoms with Crippen LogP contribution in [0.25, 0.3) is 0 Å². The molecule has 4 heterocycles. The molecule has 1 spiro atoms. The second kappa shape index (κ2) is 9.53. The first-order chi connectivity index (χ1) is 18.4. The van der Waals surface area contributed by atoms with Crippen LogP contribution in [0.5, 0.6) is 0 Å². The summed E-state index contributed by atoms with van der Waals surface area (Å²) in [4.78, 5) is 44.1. The van der Waals surface area contributed by atoms with Gasteiger partial charge in [0.15, 0.2) is 0 Å². The maximum atomic E-state index is 14.2. The number of nitrogens with one attached hydrogen (secondary N) is 2. The molecule has 0 aliphatic carbocycles. The third-order valence-electron chi connectivity index (χ3n) is 7.76. The Bertz CT molecular complexity index is 1420. The molecular formula is C30H29N3O4S. The topological polar surface area (TPSA) is 87.7 Å². The number of aryl methyl sites for hydroxylation is 2. The molecule has 0 unspecified atom stereocenters. The molecule has 7 nitrogen and oxygen atoms in total. The number of hydrogen-bond donors (Lipinski definition) is 2. The van der Waals surface area contributed by atoms with Crippen molar-refractivity contribution in [3.05, 3.63) is 99.8 Å². The van der Waals surface area contributed by atoms with Crippen molar-refractivity contribution in [3.63, 3.8) is 0 Å². The molecule has 2 saturated heterocycles. The Morgan fingerprint density at radius 2 is 1.79 bits per heavy atom. The van der Waals surface area contributed by atoms with E-state index in [1.807, 2.05) is 92.0 Å². The van der Waals surface area contributed by atoms with E-state index >= 15 is 0 Å². The predicted octanol–water partition coefficient (Wildman–Crippen LogP) is 3.65. The van der Waals surface area contributed by atoms with Crippen LogP contribution in [0.2, 0.25) is 0 Å². The monoisotopic (exact) mass is 527 g/mol. The highest BCUT2D eigenvalue weighted by Crippen LogP contribution is 2.56. The molecule has 2 N–H and O–H groups in total. The highest BCUT2D eigenvalue weighted by Gasteiger charge is 2.73. The summed E-state index contributed by atoms with van der Waals surface area (Å²) < 4.78 is 6.43. The Labute approximate surface area is 225 Å². The highest BCUT2D eigenvalue weighted by molar-refractivity contribution is 7.09. The van der Waals surface area contributed by atoms with Gasteiger partial charge in [-0.25, -0.2) is 0 Å². The van der Waals surface area contributed by atoms with Crippen molar-refractivity contribution in [3.8, 4) is 0 Å². The van der Waals surface area contributed by atoms with E-state index < -0.39 is 29.6 Å². The first-order valence-electron chi connectivity index (χ1n) is 12.8. The summed E-state index contributed by atoms with van der Waals surface area (Å²) in [6, 6.07) is 18.4. The van der Waals surface area contributed by atoms with E-state index in [0.717, 1.165) is 21.6 Å². The Kier molecular flexibility index (Phi) is 6.16. The minimum atomic E-state index is -1.22. The van der Waals surface area contributed by atoms with Gasteiger partial charge in [0.1, 0.15) is 11.6 Å². The summed E-state index contributed by atoms with van der Waals surface area (Å²) in [5, 5.41) is 7.98. The van der Waals surface area contributed by atoms with E-state index in [2.05, 4.69) is 10.6 Å². The van der Waals surface area contributed by atoms with Crippen molar-refractivity contribution in [2.45, 2.75) is 44.7 Å². The Morgan fingerprint density at radius 1 is 1.00 bits per heavy atom. The van der Waals surface area contributed by atoms with Gasteiger partial charge in [0.25, 0.3) is 0 Å². The minimum Gasteiger partial charge on any atom is -0.359 e. The van der Waals surface area contributed by atoms with E-state index in [1.54, 1.807) is 16.2 Å². The van der Waals surface area contributed by atoms with Gasteiger partial charge in [-0.05, 0) is 42.5 Å². The molecule has 0 saturated carbocycles. The fourth-order valence-corrected chi connectivity index (χ4v) is 6.74. The molecule has 38 heavy (non-hydrogen) atoms. The number of nitrogens with zero attached hydrogens (tertiary/aromatic N) is 1. The number of carbonyl (C=O) groups is 3. The fraction of sp³-hybridized carbons (Fsp3) is 0.300. The number of thiophene rings is 1. The standard InChI is InChI=1S/C30H29N3O4S/c1-18-10-11-22(19(2)15-18)33-26(28(35)31-16-20-7-4-3-5-8-20)30-13-12-23(37-30)24(25(30)29(33)36)27(34)32-17-21-9-6-14-38-21/h3-15,23-26H,16-17H2,1-2H3,(H,31,35)(H,32,34)/t23-,24+,25-,26-,30+/m1/s1. The van der Waals surface area contributed by atoms with Crippen molar-refractivity contribution >= 4 is 34.7 Å². The average molecular weight is 528 g/mol. The number of amides is 3. The number of rotatable bonds is 7. The lowest BCUT2D eigenvalue weighted by molar-refractivity contribution is -0.132.